The van der Waals surface area contributed by atoms with Crippen molar-refractivity contribution in [1.29, 1.82) is 0 Å². The Bertz CT molecular complexity index is 544. The molecule has 3 heteroatoms. The smallest absolute Gasteiger partial charge is 0.338 e. The number of esters is 1. The lowest BCUT2D eigenvalue weighted by atomic mass is 10.1. The van der Waals surface area contributed by atoms with Crippen LogP contribution in [0, 0.1) is 0 Å². The van der Waals surface area contributed by atoms with E-state index in [4.69, 9.17) is 4.74 Å². The minimum Gasteiger partial charge on any atom is -0.462 e. The van der Waals surface area contributed by atoms with Gasteiger partial charge in [-0.15, -0.1) is 0 Å². The van der Waals surface area contributed by atoms with E-state index in [9.17, 15) is 9.59 Å². The monoisotopic (exact) mass is 253 g/mol. The van der Waals surface area contributed by atoms with Gasteiger partial charge in [0, 0.05) is 12.0 Å². The summed E-state index contributed by atoms with van der Waals surface area (Å²) in [5.74, 6) is -0.381. The minimum absolute atomic E-state index is 0.338. The molecule has 95 valence electrons. The zero-order valence-corrected chi connectivity index (χ0v) is 10.3. The van der Waals surface area contributed by atoms with Gasteiger partial charge in [-0.05, 0) is 17.7 Å². The number of ether oxygens (including phenoxy) is 1. The number of benzene rings is 2. The summed E-state index contributed by atoms with van der Waals surface area (Å²) in [6.45, 7) is 0.338. The highest BCUT2D eigenvalue weighted by Gasteiger charge is 2.06. The van der Waals surface area contributed by atoms with Crippen LogP contribution in [0.4, 0.5) is 0 Å². The van der Waals surface area contributed by atoms with E-state index in [1.807, 2.05) is 30.3 Å². The van der Waals surface area contributed by atoms with Crippen LogP contribution < -0.4 is 0 Å². The van der Waals surface area contributed by atoms with Gasteiger partial charge in [0.05, 0.1) is 12.2 Å². The summed E-state index contributed by atoms with van der Waals surface area (Å²) in [5, 5.41) is 0. The van der Waals surface area contributed by atoms with Crippen LogP contribution in [0.25, 0.3) is 0 Å². The predicted octanol–water partition coefficient (Wildman–Crippen LogP) is 2.54. The normalized spacial score (nSPS) is 9.89. The van der Waals surface area contributed by atoms with E-state index in [0.717, 1.165) is 5.56 Å². The second-order valence-electron chi connectivity index (χ2n) is 4.05. The first-order chi connectivity index (χ1) is 9.29. The molecule has 2 aromatic rings. The maximum atomic E-state index is 11.7. The Kier molecular flexibility index (Phi) is 4.45. The average Bonchev–Trinajstić information content (AvgIpc) is 2.48. The Labute approximate surface area is 111 Å². The van der Waals surface area contributed by atoms with Gasteiger partial charge in [0.1, 0.15) is 0 Å². The minimum atomic E-state index is -0.381. The molecule has 0 fully saturated rings. The molecule has 2 rings (SSSR count). The van der Waals surface area contributed by atoms with Crippen molar-refractivity contribution in [3.8, 4) is 0 Å². The Morgan fingerprint density at radius 3 is 2.32 bits per heavy atom. The van der Waals surface area contributed by atoms with Crippen molar-refractivity contribution in [2.24, 2.45) is 0 Å². The maximum Gasteiger partial charge on any atom is 0.338 e. The van der Waals surface area contributed by atoms with Crippen molar-refractivity contribution >= 4 is 12.3 Å². The standard InChI is InChI=1S/C16H13O3/c17-12-14-6-8-15(9-7-14)16(18)19-11-10-13-4-2-1-3-5-13/h1-9H,10-11H2. The van der Waals surface area contributed by atoms with Crippen molar-refractivity contribution < 1.29 is 14.3 Å². The maximum absolute atomic E-state index is 11.7. The van der Waals surface area contributed by atoms with Crippen LogP contribution >= 0.6 is 0 Å². The van der Waals surface area contributed by atoms with Crippen LogP contribution in [0.15, 0.2) is 54.6 Å². The second-order valence-corrected chi connectivity index (χ2v) is 4.05. The third kappa shape index (κ3) is 3.78. The van der Waals surface area contributed by atoms with Crippen LogP contribution in [0.2, 0.25) is 0 Å². The molecule has 0 bridgehead atoms. The summed E-state index contributed by atoms with van der Waals surface area (Å²) in [7, 11) is 0. The number of carbonyl (C=O) groups excluding carboxylic acids is 2. The molecular formula is C16H13O3. The van der Waals surface area contributed by atoms with Crippen LogP contribution in [-0.4, -0.2) is 18.9 Å². The Morgan fingerprint density at radius 2 is 1.68 bits per heavy atom. The number of hydrogen-bond acceptors (Lipinski definition) is 3. The molecule has 0 unspecified atom stereocenters. The van der Waals surface area contributed by atoms with Crippen molar-refractivity contribution in [3.05, 3.63) is 71.3 Å². The molecule has 3 nitrogen and oxygen atoms in total. The highest BCUT2D eigenvalue weighted by molar-refractivity contribution is 5.90. The summed E-state index contributed by atoms with van der Waals surface area (Å²) in [4.78, 5) is 22.1. The molecule has 0 amide bonds. The topological polar surface area (TPSA) is 43.4 Å². The summed E-state index contributed by atoms with van der Waals surface area (Å²) in [6.07, 6.45) is 2.44. The first-order valence-electron chi connectivity index (χ1n) is 5.99. The molecule has 0 N–H and O–H groups in total. The number of hydrogen-bond donors (Lipinski definition) is 0. The van der Waals surface area contributed by atoms with Crippen molar-refractivity contribution in [1.82, 2.24) is 0 Å². The molecule has 0 aliphatic heterocycles. The molecule has 1 radical (unpaired) electrons. The Balaban J connectivity index is 1.85. The SMILES string of the molecule is O=[C]c1ccc(C(=O)OCCc2ccccc2)cc1. The van der Waals surface area contributed by atoms with Gasteiger partial charge in [-0.1, -0.05) is 42.5 Å². The molecule has 0 atom stereocenters. The quantitative estimate of drug-likeness (QED) is 0.769. The van der Waals surface area contributed by atoms with E-state index in [2.05, 4.69) is 0 Å². The van der Waals surface area contributed by atoms with Gasteiger partial charge in [0.15, 0.2) is 0 Å². The summed E-state index contributed by atoms with van der Waals surface area (Å²) in [5.41, 5.74) is 1.98. The van der Waals surface area contributed by atoms with Crippen LogP contribution in [-0.2, 0) is 16.0 Å². The third-order valence-corrected chi connectivity index (χ3v) is 2.71. The van der Waals surface area contributed by atoms with Crippen LogP contribution in [0.1, 0.15) is 21.5 Å². The highest BCUT2D eigenvalue weighted by atomic mass is 16.5. The van der Waals surface area contributed by atoms with Crippen LogP contribution in [0.5, 0.6) is 0 Å². The summed E-state index contributed by atoms with van der Waals surface area (Å²) >= 11 is 0. The highest BCUT2D eigenvalue weighted by Crippen LogP contribution is 2.05. The summed E-state index contributed by atoms with van der Waals surface area (Å²) in [6, 6.07) is 16.0. The fourth-order valence-electron chi connectivity index (χ4n) is 1.66. The molecule has 19 heavy (non-hydrogen) atoms. The fourth-order valence-corrected chi connectivity index (χ4v) is 1.66. The van der Waals surface area contributed by atoms with Gasteiger partial charge in [-0.25, -0.2) is 4.79 Å². The molecule has 0 saturated carbocycles. The van der Waals surface area contributed by atoms with Gasteiger partial charge in [-0.3, -0.25) is 4.79 Å². The predicted molar refractivity (Wildman–Crippen MR) is 71.7 cm³/mol. The van der Waals surface area contributed by atoms with Gasteiger partial charge in [0.25, 0.3) is 0 Å². The average molecular weight is 253 g/mol. The van der Waals surface area contributed by atoms with Gasteiger partial charge in [0.2, 0.25) is 6.29 Å². The lowest BCUT2D eigenvalue weighted by Crippen LogP contribution is -2.08. The second kappa shape index (κ2) is 6.50. The lowest BCUT2D eigenvalue weighted by molar-refractivity contribution is 0.0509. The third-order valence-electron chi connectivity index (χ3n) is 2.71. The fraction of sp³-hybridized carbons (Fsp3) is 0.125. The first kappa shape index (κ1) is 13.0. The molecule has 0 aromatic heterocycles. The van der Waals surface area contributed by atoms with Gasteiger partial charge < -0.3 is 4.74 Å². The molecule has 0 saturated heterocycles. The molecule has 0 aliphatic carbocycles. The zero-order chi connectivity index (χ0) is 13.5. The number of carbonyl (C=O) groups is 1. The molecule has 2 aromatic carbocycles. The largest absolute Gasteiger partial charge is 0.462 e. The number of rotatable bonds is 5. The van der Waals surface area contributed by atoms with E-state index in [0.29, 0.717) is 24.2 Å². The van der Waals surface area contributed by atoms with E-state index in [1.165, 1.54) is 0 Å². The summed E-state index contributed by atoms with van der Waals surface area (Å²) < 4.78 is 5.17. The first-order valence-corrected chi connectivity index (χ1v) is 5.99. The van der Waals surface area contributed by atoms with Crippen molar-refractivity contribution in [3.63, 3.8) is 0 Å². The molecular weight excluding hydrogens is 240 g/mol. The molecule has 0 aliphatic rings. The van der Waals surface area contributed by atoms with E-state index < -0.39 is 0 Å². The van der Waals surface area contributed by atoms with E-state index in [-0.39, 0.29) is 5.97 Å². The van der Waals surface area contributed by atoms with Crippen LogP contribution in [0.3, 0.4) is 0 Å². The van der Waals surface area contributed by atoms with E-state index in [1.54, 1.807) is 30.6 Å². The van der Waals surface area contributed by atoms with Gasteiger partial charge >= 0.3 is 5.97 Å². The molecule has 0 spiro atoms. The molecule has 0 heterocycles. The zero-order valence-electron chi connectivity index (χ0n) is 10.3. The van der Waals surface area contributed by atoms with E-state index >= 15 is 0 Å². The van der Waals surface area contributed by atoms with Crippen molar-refractivity contribution in [2.45, 2.75) is 6.42 Å². The Morgan fingerprint density at radius 1 is 1.00 bits per heavy atom. The Hall–Kier alpha value is -2.42. The van der Waals surface area contributed by atoms with Crippen molar-refractivity contribution in [2.75, 3.05) is 6.61 Å². The lowest BCUT2D eigenvalue weighted by Gasteiger charge is -2.05. The van der Waals surface area contributed by atoms with Gasteiger partial charge in [-0.2, -0.15) is 0 Å².